The van der Waals surface area contributed by atoms with Crippen molar-refractivity contribution in [1.29, 1.82) is 0 Å². The average Bonchev–Trinajstić information content (AvgIpc) is 3.15. The second kappa shape index (κ2) is 5.53. The Labute approximate surface area is 130 Å². The van der Waals surface area contributed by atoms with Crippen molar-refractivity contribution < 1.29 is 17.9 Å². The van der Waals surface area contributed by atoms with E-state index in [4.69, 9.17) is 4.74 Å². The van der Waals surface area contributed by atoms with Crippen LogP contribution in [0.4, 0.5) is 0 Å². The van der Waals surface area contributed by atoms with Gasteiger partial charge in [0.1, 0.15) is 10.3 Å². The van der Waals surface area contributed by atoms with E-state index in [0.29, 0.717) is 6.42 Å². The van der Waals surface area contributed by atoms with Gasteiger partial charge in [0.25, 0.3) is 10.0 Å². The summed E-state index contributed by atoms with van der Waals surface area (Å²) in [6, 6.07) is 4.15. The number of methoxy groups -OCH3 is 1. The Morgan fingerprint density at radius 3 is 2.81 bits per heavy atom. The molecule has 21 heavy (non-hydrogen) atoms. The summed E-state index contributed by atoms with van der Waals surface area (Å²) in [5, 5.41) is 3.59. The first kappa shape index (κ1) is 14.7. The standard InChI is InChI=1S/C13H13NO4S3/c1-18-13(15)12-9-5-8-19-10(9)4-6-14(12)21(16,17)11-3-2-7-20-11/h2-3,5,7-8,12H,4,6H2,1H3. The van der Waals surface area contributed by atoms with Crippen molar-refractivity contribution in [3.63, 3.8) is 0 Å². The van der Waals surface area contributed by atoms with Crippen molar-refractivity contribution in [3.8, 4) is 0 Å². The molecule has 0 spiro atoms. The maximum Gasteiger partial charge on any atom is 0.328 e. The molecule has 2 aromatic heterocycles. The lowest BCUT2D eigenvalue weighted by atomic mass is 10.0. The lowest BCUT2D eigenvalue weighted by Crippen LogP contribution is -2.43. The van der Waals surface area contributed by atoms with Crippen LogP contribution in [0.15, 0.2) is 33.2 Å². The number of thiophene rings is 2. The first-order chi connectivity index (χ1) is 10.1. The van der Waals surface area contributed by atoms with Crippen LogP contribution >= 0.6 is 22.7 Å². The maximum atomic E-state index is 12.7. The third kappa shape index (κ3) is 2.42. The number of sulfonamides is 1. The van der Waals surface area contributed by atoms with Gasteiger partial charge >= 0.3 is 5.97 Å². The maximum absolute atomic E-state index is 12.7. The third-order valence-electron chi connectivity index (χ3n) is 3.40. The van der Waals surface area contributed by atoms with Gasteiger partial charge in [0.05, 0.1) is 7.11 Å². The Bertz CT molecular complexity index is 748. The van der Waals surface area contributed by atoms with Crippen LogP contribution in [0.1, 0.15) is 16.5 Å². The van der Waals surface area contributed by atoms with E-state index in [1.54, 1.807) is 34.9 Å². The highest BCUT2D eigenvalue weighted by Crippen LogP contribution is 2.38. The topological polar surface area (TPSA) is 63.7 Å². The molecular formula is C13H13NO4S3. The van der Waals surface area contributed by atoms with Crippen LogP contribution < -0.4 is 0 Å². The minimum absolute atomic E-state index is 0.245. The summed E-state index contributed by atoms with van der Waals surface area (Å²) in [6.45, 7) is 0.285. The van der Waals surface area contributed by atoms with Crippen LogP contribution in [0.5, 0.6) is 0 Å². The average molecular weight is 343 g/mol. The number of carbonyl (C=O) groups is 1. The van der Waals surface area contributed by atoms with E-state index < -0.39 is 22.0 Å². The normalized spacial score (nSPS) is 19.2. The third-order valence-corrected chi connectivity index (χ3v) is 7.64. The summed E-state index contributed by atoms with van der Waals surface area (Å²) in [7, 11) is -2.41. The van der Waals surface area contributed by atoms with Crippen molar-refractivity contribution >= 4 is 38.7 Å². The number of fused-ring (bicyclic) bond motifs is 1. The fourth-order valence-corrected chi connectivity index (χ4v) is 6.02. The molecule has 1 aliphatic heterocycles. The van der Waals surface area contributed by atoms with Gasteiger partial charge in [0.15, 0.2) is 0 Å². The minimum Gasteiger partial charge on any atom is -0.468 e. The molecule has 5 nitrogen and oxygen atoms in total. The zero-order chi connectivity index (χ0) is 15.0. The van der Waals surface area contributed by atoms with Gasteiger partial charge in [-0.05, 0) is 34.9 Å². The molecule has 3 rings (SSSR count). The van der Waals surface area contributed by atoms with Gasteiger partial charge in [-0.25, -0.2) is 13.2 Å². The van der Waals surface area contributed by atoms with E-state index in [9.17, 15) is 13.2 Å². The Hall–Kier alpha value is -1.22. The minimum atomic E-state index is -3.69. The Balaban J connectivity index is 2.08. The number of ether oxygens (including phenoxy) is 1. The van der Waals surface area contributed by atoms with Gasteiger partial charge in [0.2, 0.25) is 0 Å². The first-order valence-electron chi connectivity index (χ1n) is 6.25. The van der Waals surface area contributed by atoms with Crippen LogP contribution in [-0.4, -0.2) is 32.3 Å². The van der Waals surface area contributed by atoms with Crippen LogP contribution in [-0.2, 0) is 26.0 Å². The smallest absolute Gasteiger partial charge is 0.328 e. The second-order valence-electron chi connectivity index (χ2n) is 4.52. The molecule has 0 radical (unpaired) electrons. The Morgan fingerprint density at radius 1 is 1.33 bits per heavy atom. The van der Waals surface area contributed by atoms with Gasteiger partial charge < -0.3 is 4.74 Å². The Morgan fingerprint density at radius 2 is 2.14 bits per heavy atom. The lowest BCUT2D eigenvalue weighted by Gasteiger charge is -2.32. The molecule has 0 bridgehead atoms. The number of esters is 1. The highest BCUT2D eigenvalue weighted by molar-refractivity contribution is 7.91. The molecule has 2 aromatic rings. The van der Waals surface area contributed by atoms with E-state index in [2.05, 4.69) is 0 Å². The predicted octanol–water partition coefficient (Wildman–Crippen LogP) is 2.27. The second-order valence-corrected chi connectivity index (χ2v) is 8.59. The van der Waals surface area contributed by atoms with E-state index in [0.717, 1.165) is 21.8 Å². The lowest BCUT2D eigenvalue weighted by molar-refractivity contribution is -0.145. The highest BCUT2D eigenvalue weighted by Gasteiger charge is 2.42. The molecule has 1 unspecified atom stereocenters. The molecule has 0 aliphatic carbocycles. The molecule has 8 heteroatoms. The molecule has 0 amide bonds. The molecule has 0 aromatic carbocycles. The molecule has 1 aliphatic rings. The van der Waals surface area contributed by atoms with Gasteiger partial charge in [0, 0.05) is 11.4 Å². The van der Waals surface area contributed by atoms with Gasteiger partial charge in [-0.15, -0.1) is 22.7 Å². The molecule has 112 valence electrons. The summed E-state index contributed by atoms with van der Waals surface area (Å²) in [6.07, 6.45) is 0.616. The van der Waals surface area contributed by atoms with Crippen molar-refractivity contribution in [1.82, 2.24) is 4.31 Å². The van der Waals surface area contributed by atoms with E-state index in [-0.39, 0.29) is 10.8 Å². The number of carbonyl (C=O) groups excluding carboxylic acids is 1. The number of nitrogens with zero attached hydrogens (tertiary/aromatic N) is 1. The highest BCUT2D eigenvalue weighted by atomic mass is 32.2. The molecule has 1 atom stereocenters. The number of hydrogen-bond acceptors (Lipinski definition) is 6. The summed E-state index contributed by atoms with van der Waals surface area (Å²) < 4.78 is 31.8. The molecule has 0 N–H and O–H groups in total. The van der Waals surface area contributed by atoms with Crippen LogP contribution in [0.2, 0.25) is 0 Å². The number of rotatable bonds is 3. The predicted molar refractivity (Wildman–Crippen MR) is 81.0 cm³/mol. The molecule has 0 saturated heterocycles. The summed E-state index contributed by atoms with van der Waals surface area (Å²) in [5.74, 6) is -0.547. The molecule has 3 heterocycles. The first-order valence-corrected chi connectivity index (χ1v) is 9.45. The summed E-state index contributed by atoms with van der Waals surface area (Å²) in [4.78, 5) is 13.2. The van der Waals surface area contributed by atoms with Crippen LogP contribution in [0.25, 0.3) is 0 Å². The van der Waals surface area contributed by atoms with E-state index >= 15 is 0 Å². The molecule has 0 fully saturated rings. The largest absolute Gasteiger partial charge is 0.468 e. The quantitative estimate of drug-likeness (QED) is 0.802. The van der Waals surface area contributed by atoms with Crippen LogP contribution in [0.3, 0.4) is 0 Å². The fraction of sp³-hybridized carbons (Fsp3) is 0.308. The molecular weight excluding hydrogens is 330 g/mol. The molecule has 0 saturated carbocycles. The van der Waals surface area contributed by atoms with Crippen LogP contribution in [0, 0.1) is 0 Å². The summed E-state index contributed by atoms with van der Waals surface area (Å²) >= 11 is 2.69. The van der Waals surface area contributed by atoms with Crippen molar-refractivity contribution in [2.75, 3.05) is 13.7 Å². The number of hydrogen-bond donors (Lipinski definition) is 0. The zero-order valence-electron chi connectivity index (χ0n) is 11.2. The zero-order valence-corrected chi connectivity index (χ0v) is 13.6. The van der Waals surface area contributed by atoms with Gasteiger partial charge in [-0.1, -0.05) is 6.07 Å². The van der Waals surface area contributed by atoms with Gasteiger partial charge in [-0.2, -0.15) is 4.31 Å². The fourth-order valence-electron chi connectivity index (χ4n) is 2.43. The monoisotopic (exact) mass is 343 g/mol. The van der Waals surface area contributed by atoms with E-state index in [1.807, 2.05) is 5.38 Å². The summed E-state index contributed by atoms with van der Waals surface area (Å²) in [5.41, 5.74) is 0.734. The van der Waals surface area contributed by atoms with E-state index in [1.165, 1.54) is 11.4 Å². The SMILES string of the molecule is COC(=O)C1c2ccsc2CCN1S(=O)(=O)c1cccs1. The van der Waals surface area contributed by atoms with Crippen molar-refractivity contribution in [2.45, 2.75) is 16.7 Å². The van der Waals surface area contributed by atoms with Crippen molar-refractivity contribution in [3.05, 3.63) is 39.4 Å². The van der Waals surface area contributed by atoms with Gasteiger partial charge in [-0.3, -0.25) is 0 Å². The Kier molecular flexibility index (Phi) is 3.87. The van der Waals surface area contributed by atoms with Crippen molar-refractivity contribution in [2.24, 2.45) is 0 Å².